The molecule has 1 aromatic heterocycles. The molecule has 176 valence electrons. The zero-order chi connectivity index (χ0) is 24.4. The van der Waals surface area contributed by atoms with Gasteiger partial charge < -0.3 is 9.88 Å². The molecule has 0 atom stereocenters. The number of aryl methyl sites for hydroxylation is 1. The summed E-state index contributed by atoms with van der Waals surface area (Å²) in [6.07, 6.45) is 3.32. The van der Waals surface area contributed by atoms with Crippen molar-refractivity contribution in [2.24, 2.45) is 11.3 Å². The summed E-state index contributed by atoms with van der Waals surface area (Å²) in [6, 6.07) is 12.2. The molecule has 3 aromatic rings. The fourth-order valence-electron chi connectivity index (χ4n) is 6.14. The fraction of sp³-hybridized carbons (Fsp3) is 0.467. The number of rotatable bonds is 2. The minimum Gasteiger partial charge on any atom is -0.371 e. The van der Waals surface area contributed by atoms with Crippen LogP contribution in [-0.2, 0) is 11.8 Å². The summed E-state index contributed by atoms with van der Waals surface area (Å²) < 4.78 is 0. The van der Waals surface area contributed by atoms with Gasteiger partial charge in [0.15, 0.2) is 5.78 Å². The highest BCUT2D eigenvalue weighted by Gasteiger charge is 2.41. The Balaban J connectivity index is 1.61. The first-order chi connectivity index (χ1) is 16.1. The van der Waals surface area contributed by atoms with E-state index in [0.29, 0.717) is 11.0 Å². The van der Waals surface area contributed by atoms with Crippen molar-refractivity contribution in [3.05, 3.63) is 63.8 Å². The summed E-state index contributed by atoms with van der Waals surface area (Å²) in [5.41, 5.74) is 7.66. The monoisotopic (exact) mass is 453 g/mol. The minimum absolute atomic E-state index is 0.0907. The van der Waals surface area contributed by atoms with Gasteiger partial charge in [-0.3, -0.25) is 4.79 Å². The Morgan fingerprint density at radius 1 is 1.15 bits per heavy atom. The summed E-state index contributed by atoms with van der Waals surface area (Å²) in [6.45, 7) is 15.8. The number of aromatic amines is 1. The van der Waals surface area contributed by atoms with Gasteiger partial charge in [0.2, 0.25) is 0 Å². The van der Waals surface area contributed by atoms with Gasteiger partial charge in [0.05, 0.1) is 17.2 Å². The van der Waals surface area contributed by atoms with Gasteiger partial charge in [-0.1, -0.05) is 47.6 Å². The molecule has 2 aromatic carbocycles. The van der Waals surface area contributed by atoms with Gasteiger partial charge in [0.1, 0.15) is 0 Å². The Morgan fingerprint density at radius 3 is 2.47 bits per heavy atom. The number of nitriles is 1. The van der Waals surface area contributed by atoms with E-state index in [9.17, 15) is 10.1 Å². The molecule has 34 heavy (non-hydrogen) atoms. The number of hydrogen-bond donors (Lipinski definition) is 1. The van der Waals surface area contributed by atoms with Crippen LogP contribution in [0, 0.1) is 22.7 Å². The van der Waals surface area contributed by atoms with Crippen molar-refractivity contribution in [3.63, 3.8) is 0 Å². The standard InChI is InChI=1S/C30H35N3O/c1-7-19-15-22-23(16-25(19)33-12-10-20(11-13-33)29(2,3)4)30(5,6)28-26(27(22)34)21-9-8-18(17-31)14-24(21)32-28/h8-9,14-16,20,32H,7,10-13H2,1-6H3. The lowest BCUT2D eigenvalue weighted by Gasteiger charge is -2.41. The minimum atomic E-state index is -0.338. The molecule has 1 saturated heterocycles. The lowest BCUT2D eigenvalue weighted by atomic mass is 9.70. The Bertz CT molecular complexity index is 1340. The van der Waals surface area contributed by atoms with Crippen LogP contribution in [0.5, 0.6) is 0 Å². The second kappa shape index (κ2) is 7.73. The first-order valence-electron chi connectivity index (χ1n) is 12.6. The second-order valence-corrected chi connectivity index (χ2v) is 11.7. The van der Waals surface area contributed by atoms with Crippen molar-refractivity contribution < 1.29 is 4.79 Å². The summed E-state index contributed by atoms with van der Waals surface area (Å²) in [4.78, 5) is 19.9. The van der Waals surface area contributed by atoms with Crippen LogP contribution in [-0.4, -0.2) is 23.9 Å². The predicted octanol–water partition coefficient (Wildman–Crippen LogP) is 6.73. The van der Waals surface area contributed by atoms with Crippen LogP contribution in [0.1, 0.15) is 92.7 Å². The van der Waals surface area contributed by atoms with Gasteiger partial charge in [0.25, 0.3) is 0 Å². The van der Waals surface area contributed by atoms with E-state index in [4.69, 9.17) is 0 Å². The topological polar surface area (TPSA) is 59.9 Å². The molecule has 0 spiro atoms. The molecular weight excluding hydrogens is 418 g/mol. The van der Waals surface area contributed by atoms with Crippen LogP contribution in [0.4, 0.5) is 5.69 Å². The number of anilines is 1. The SMILES string of the molecule is CCc1cc2c(cc1N1CCC(C(C)(C)C)CC1)C(C)(C)c1[nH]c3cc(C#N)ccc3c1C2=O. The zero-order valence-electron chi connectivity index (χ0n) is 21.3. The lowest BCUT2D eigenvalue weighted by Crippen LogP contribution is -2.39. The number of nitrogens with one attached hydrogen (secondary N) is 1. The lowest BCUT2D eigenvalue weighted by molar-refractivity contribution is 0.103. The van der Waals surface area contributed by atoms with E-state index in [1.165, 1.54) is 24.1 Å². The number of hydrogen-bond acceptors (Lipinski definition) is 3. The summed E-state index contributed by atoms with van der Waals surface area (Å²) in [7, 11) is 0. The molecule has 0 amide bonds. The highest BCUT2D eigenvalue weighted by Crippen LogP contribution is 2.46. The molecule has 1 aliphatic heterocycles. The Kier molecular flexibility index (Phi) is 5.17. The van der Waals surface area contributed by atoms with Gasteiger partial charge in [-0.05, 0) is 66.0 Å². The van der Waals surface area contributed by atoms with Gasteiger partial charge in [-0.25, -0.2) is 0 Å². The average Bonchev–Trinajstić information content (AvgIpc) is 3.21. The van der Waals surface area contributed by atoms with E-state index in [1.54, 1.807) is 6.07 Å². The van der Waals surface area contributed by atoms with Crippen molar-refractivity contribution in [2.45, 2.75) is 66.2 Å². The normalized spacial score (nSPS) is 18.0. The van der Waals surface area contributed by atoms with Crippen molar-refractivity contribution in [2.75, 3.05) is 18.0 Å². The highest BCUT2D eigenvalue weighted by atomic mass is 16.1. The third kappa shape index (κ3) is 3.36. The van der Waals surface area contributed by atoms with Crippen LogP contribution < -0.4 is 4.90 Å². The summed E-state index contributed by atoms with van der Waals surface area (Å²) >= 11 is 0. The number of aromatic nitrogens is 1. The molecule has 5 rings (SSSR count). The molecule has 0 saturated carbocycles. The molecular formula is C30H35N3O. The third-order valence-electron chi connectivity index (χ3n) is 8.36. The summed E-state index contributed by atoms with van der Waals surface area (Å²) in [5.74, 6) is 0.838. The van der Waals surface area contributed by atoms with E-state index >= 15 is 0 Å². The maximum atomic E-state index is 13.8. The Labute approximate surface area is 203 Å². The molecule has 4 nitrogen and oxygen atoms in total. The van der Waals surface area contributed by atoms with Crippen LogP contribution in [0.25, 0.3) is 10.9 Å². The number of carbonyl (C=O) groups excluding carboxylic acids is 1. The molecule has 2 heterocycles. The van der Waals surface area contributed by atoms with Crippen LogP contribution in [0.3, 0.4) is 0 Å². The van der Waals surface area contributed by atoms with Crippen molar-refractivity contribution >= 4 is 22.4 Å². The number of fused-ring (bicyclic) bond motifs is 4. The predicted molar refractivity (Wildman–Crippen MR) is 139 cm³/mol. The van der Waals surface area contributed by atoms with Crippen molar-refractivity contribution in [1.82, 2.24) is 4.98 Å². The molecule has 1 fully saturated rings. The van der Waals surface area contributed by atoms with E-state index < -0.39 is 0 Å². The highest BCUT2D eigenvalue weighted by molar-refractivity contribution is 6.20. The quantitative estimate of drug-likeness (QED) is 0.468. The third-order valence-corrected chi connectivity index (χ3v) is 8.36. The van der Waals surface area contributed by atoms with E-state index in [2.05, 4.69) is 69.6 Å². The van der Waals surface area contributed by atoms with Crippen LogP contribution >= 0.6 is 0 Å². The molecule has 1 aliphatic carbocycles. The Morgan fingerprint density at radius 2 is 1.85 bits per heavy atom. The van der Waals surface area contributed by atoms with E-state index in [0.717, 1.165) is 58.7 Å². The Hall–Kier alpha value is -3.06. The van der Waals surface area contributed by atoms with Crippen LogP contribution in [0.2, 0.25) is 0 Å². The van der Waals surface area contributed by atoms with E-state index in [1.807, 2.05) is 12.1 Å². The molecule has 0 bridgehead atoms. The number of H-pyrrole nitrogens is 1. The number of benzene rings is 2. The number of nitrogens with zero attached hydrogens (tertiary/aromatic N) is 2. The smallest absolute Gasteiger partial charge is 0.195 e. The van der Waals surface area contributed by atoms with Crippen molar-refractivity contribution in [3.8, 4) is 6.07 Å². The number of carbonyl (C=O) groups is 1. The molecule has 0 unspecified atom stereocenters. The first-order valence-corrected chi connectivity index (χ1v) is 12.6. The van der Waals surface area contributed by atoms with Gasteiger partial charge >= 0.3 is 0 Å². The molecule has 1 N–H and O–H groups in total. The average molecular weight is 454 g/mol. The van der Waals surface area contributed by atoms with Gasteiger partial charge in [-0.15, -0.1) is 0 Å². The zero-order valence-corrected chi connectivity index (χ0v) is 21.3. The summed E-state index contributed by atoms with van der Waals surface area (Å²) in [5, 5.41) is 10.2. The molecule has 2 aliphatic rings. The largest absolute Gasteiger partial charge is 0.371 e. The second-order valence-electron chi connectivity index (χ2n) is 11.7. The van der Waals surface area contributed by atoms with E-state index in [-0.39, 0.29) is 11.2 Å². The number of ketones is 1. The van der Waals surface area contributed by atoms with Crippen molar-refractivity contribution in [1.29, 1.82) is 5.26 Å². The van der Waals surface area contributed by atoms with Gasteiger partial charge in [0, 0.05) is 46.4 Å². The van der Waals surface area contributed by atoms with Gasteiger partial charge in [-0.2, -0.15) is 5.26 Å². The fourth-order valence-corrected chi connectivity index (χ4v) is 6.14. The first kappa shape index (κ1) is 22.7. The van der Waals surface area contributed by atoms with Crippen LogP contribution in [0.15, 0.2) is 30.3 Å². The maximum Gasteiger partial charge on any atom is 0.195 e. The maximum absolute atomic E-state index is 13.8. The molecule has 0 radical (unpaired) electrons. The molecule has 4 heteroatoms. The number of piperidine rings is 1.